The normalized spacial score (nSPS) is 28.4. The van der Waals surface area contributed by atoms with Crippen molar-refractivity contribution in [2.75, 3.05) is 27.2 Å². The van der Waals surface area contributed by atoms with Crippen LogP contribution in [0.1, 0.15) is 73.6 Å². The van der Waals surface area contributed by atoms with Crippen LogP contribution in [-0.4, -0.2) is 119 Å². The molecule has 0 bridgehead atoms. The van der Waals surface area contributed by atoms with Gasteiger partial charge in [0.1, 0.15) is 24.2 Å². The lowest BCUT2D eigenvalue weighted by atomic mass is 9.94. The summed E-state index contributed by atoms with van der Waals surface area (Å²) in [5, 5.41) is 14.9. The van der Waals surface area contributed by atoms with Crippen molar-refractivity contribution in [3.8, 4) is 0 Å². The molecule has 44 heavy (non-hydrogen) atoms. The van der Waals surface area contributed by atoms with Crippen LogP contribution in [0.15, 0.2) is 0 Å². The first kappa shape index (κ1) is 36.5. The van der Waals surface area contributed by atoms with E-state index in [1.807, 2.05) is 6.92 Å². The van der Waals surface area contributed by atoms with Gasteiger partial charge in [0.25, 0.3) is 5.91 Å². The number of hydrogen-bond donors (Lipinski definition) is 3. The van der Waals surface area contributed by atoms with Gasteiger partial charge in [-0.2, -0.15) is 0 Å². The monoisotopic (exact) mass is 623 g/mol. The number of nitrogens with one attached hydrogen (secondary N) is 2. The van der Waals surface area contributed by atoms with Crippen molar-refractivity contribution in [3.05, 3.63) is 0 Å². The highest BCUT2D eigenvalue weighted by Gasteiger charge is 2.43. The smallest absolute Gasteiger partial charge is 0.308 e. The number of ether oxygens (including phenoxy) is 1. The number of carboxylic acids is 1. The zero-order valence-electron chi connectivity index (χ0n) is 27.1. The number of rotatable bonds is 6. The van der Waals surface area contributed by atoms with Gasteiger partial charge in [-0.1, -0.05) is 41.0 Å². The van der Waals surface area contributed by atoms with E-state index in [-0.39, 0.29) is 37.8 Å². The first-order valence-electron chi connectivity index (χ1n) is 15.4. The number of likely N-dealkylation sites (N-methyl/N-ethyl adjacent to an activating group) is 2. The molecule has 2 aliphatic rings. The highest BCUT2D eigenvalue weighted by Crippen LogP contribution is 2.24. The van der Waals surface area contributed by atoms with Gasteiger partial charge in [-0.3, -0.25) is 33.6 Å². The average molecular weight is 624 g/mol. The lowest BCUT2D eigenvalue weighted by molar-refractivity contribution is -0.164. The molecule has 5 amide bonds. The van der Waals surface area contributed by atoms with E-state index in [4.69, 9.17) is 4.74 Å². The van der Waals surface area contributed by atoms with Crippen LogP contribution in [0.25, 0.3) is 0 Å². The quantitative estimate of drug-likeness (QED) is 0.352. The van der Waals surface area contributed by atoms with Crippen molar-refractivity contribution in [1.29, 1.82) is 0 Å². The summed E-state index contributed by atoms with van der Waals surface area (Å²) in [6.45, 7) is 10.2. The van der Waals surface area contributed by atoms with Gasteiger partial charge in [-0.05, 0) is 31.6 Å². The van der Waals surface area contributed by atoms with Crippen LogP contribution in [0.5, 0.6) is 0 Å². The van der Waals surface area contributed by atoms with E-state index in [1.54, 1.807) is 20.8 Å². The standard InChI is InChI=1S/C30H49N5O9/c1-9-17(4)23-28(40)34(8)24(16(2)3)29(41)33(7)19(6)25(37)31-13-12-22(36)44-21(15-18(5)30(42)43)27(39)35-14-10-11-20(35)26(38)32-23/h16-21,23-24H,9-15H2,1-8H3,(H,31,37)(H,32,38)(H,42,43)/t17-,18+,19+,20-,21+,23-,24-/m0/s1. The molecule has 0 aromatic rings. The second-order valence-corrected chi connectivity index (χ2v) is 12.3. The number of hydrogen-bond acceptors (Lipinski definition) is 8. The minimum absolute atomic E-state index is 0.156. The lowest BCUT2D eigenvalue weighted by Gasteiger charge is -2.38. The van der Waals surface area contributed by atoms with Crippen LogP contribution in [-0.2, 0) is 38.3 Å². The van der Waals surface area contributed by atoms with Crippen LogP contribution in [0.2, 0.25) is 0 Å². The summed E-state index contributed by atoms with van der Waals surface area (Å²) < 4.78 is 5.44. The summed E-state index contributed by atoms with van der Waals surface area (Å²) >= 11 is 0. The molecule has 0 radical (unpaired) electrons. The number of esters is 1. The molecular weight excluding hydrogens is 574 g/mol. The summed E-state index contributed by atoms with van der Waals surface area (Å²) in [6.07, 6.45) is -0.787. The molecular formula is C30H49N5O9. The van der Waals surface area contributed by atoms with Crippen molar-refractivity contribution in [1.82, 2.24) is 25.3 Å². The fourth-order valence-corrected chi connectivity index (χ4v) is 5.52. The van der Waals surface area contributed by atoms with Gasteiger partial charge in [0.05, 0.1) is 12.3 Å². The Kier molecular flexibility index (Phi) is 13.1. The molecule has 7 atom stereocenters. The topological polar surface area (TPSA) is 183 Å². The van der Waals surface area contributed by atoms with Gasteiger partial charge in [0.2, 0.25) is 23.6 Å². The molecule has 3 N–H and O–H groups in total. The lowest BCUT2D eigenvalue weighted by Crippen LogP contribution is -2.60. The summed E-state index contributed by atoms with van der Waals surface area (Å²) in [5.41, 5.74) is 0. The Hall–Kier alpha value is -3.71. The number of amides is 5. The van der Waals surface area contributed by atoms with E-state index in [9.17, 15) is 38.7 Å². The predicted molar refractivity (Wildman–Crippen MR) is 159 cm³/mol. The molecule has 0 unspecified atom stereocenters. The zero-order valence-corrected chi connectivity index (χ0v) is 27.1. The molecule has 0 saturated carbocycles. The summed E-state index contributed by atoms with van der Waals surface area (Å²) in [6, 6.07) is -3.87. The second-order valence-electron chi connectivity index (χ2n) is 12.3. The van der Waals surface area contributed by atoms with E-state index in [1.165, 1.54) is 42.6 Å². The Morgan fingerprint density at radius 3 is 2.18 bits per heavy atom. The van der Waals surface area contributed by atoms with Crippen molar-refractivity contribution >= 4 is 41.5 Å². The van der Waals surface area contributed by atoms with Gasteiger partial charge < -0.3 is 35.2 Å². The Morgan fingerprint density at radius 2 is 1.61 bits per heavy atom. The first-order chi connectivity index (χ1) is 20.5. The third kappa shape index (κ3) is 8.69. The molecule has 2 rings (SSSR count). The van der Waals surface area contributed by atoms with Gasteiger partial charge in [-0.25, -0.2) is 0 Å². The van der Waals surface area contributed by atoms with Crippen LogP contribution < -0.4 is 10.6 Å². The summed E-state index contributed by atoms with van der Waals surface area (Å²) in [5.74, 6) is -6.46. The number of carbonyl (C=O) groups is 7. The number of nitrogens with zero attached hydrogens (tertiary/aromatic N) is 3. The second kappa shape index (κ2) is 15.8. The largest absolute Gasteiger partial charge is 0.481 e. The minimum Gasteiger partial charge on any atom is -0.481 e. The molecule has 0 spiro atoms. The highest BCUT2D eigenvalue weighted by atomic mass is 16.5. The van der Waals surface area contributed by atoms with Crippen LogP contribution in [0.3, 0.4) is 0 Å². The third-order valence-corrected chi connectivity index (χ3v) is 8.74. The molecule has 14 nitrogen and oxygen atoms in total. The van der Waals surface area contributed by atoms with Gasteiger partial charge in [0, 0.05) is 33.6 Å². The number of fused-ring (bicyclic) bond motifs is 1. The van der Waals surface area contributed by atoms with E-state index in [0.717, 1.165) is 0 Å². The van der Waals surface area contributed by atoms with Gasteiger partial charge in [-0.15, -0.1) is 0 Å². The van der Waals surface area contributed by atoms with E-state index >= 15 is 0 Å². The predicted octanol–water partition coefficient (Wildman–Crippen LogP) is 0.381. The number of carbonyl (C=O) groups excluding carboxylic acids is 6. The van der Waals surface area contributed by atoms with E-state index in [2.05, 4.69) is 10.6 Å². The molecule has 248 valence electrons. The van der Waals surface area contributed by atoms with Crippen molar-refractivity contribution in [3.63, 3.8) is 0 Å². The Labute approximate surface area is 259 Å². The fraction of sp³-hybridized carbons (Fsp3) is 0.767. The van der Waals surface area contributed by atoms with E-state index < -0.39 is 77.7 Å². The fourth-order valence-electron chi connectivity index (χ4n) is 5.52. The van der Waals surface area contributed by atoms with Crippen LogP contribution in [0.4, 0.5) is 0 Å². The van der Waals surface area contributed by atoms with E-state index in [0.29, 0.717) is 19.3 Å². The zero-order chi connectivity index (χ0) is 33.5. The van der Waals surface area contributed by atoms with Gasteiger partial charge in [0.15, 0.2) is 6.10 Å². The summed E-state index contributed by atoms with van der Waals surface area (Å²) in [7, 11) is 2.95. The average Bonchev–Trinajstić information content (AvgIpc) is 3.46. The minimum atomic E-state index is -1.47. The molecule has 2 aliphatic heterocycles. The Morgan fingerprint density at radius 1 is 0.977 bits per heavy atom. The molecule has 14 heteroatoms. The maximum absolute atomic E-state index is 13.9. The molecule has 2 saturated heterocycles. The summed E-state index contributed by atoms with van der Waals surface area (Å²) in [4.78, 5) is 96.0. The number of carboxylic acid groups (broad SMARTS) is 1. The first-order valence-corrected chi connectivity index (χ1v) is 15.4. The number of aliphatic carboxylic acids is 1. The Bertz CT molecular complexity index is 1110. The maximum Gasteiger partial charge on any atom is 0.308 e. The van der Waals surface area contributed by atoms with Gasteiger partial charge >= 0.3 is 11.9 Å². The SMILES string of the molecule is CC[C@H](C)[C@@H]1NC(=O)[C@@H]2CCCN2C(=O)[C@@H](C[C@@H](C)C(=O)O)OC(=O)CCNC(=O)[C@@H](C)N(C)C(=O)[C@H](C(C)C)N(C)C1=O. The highest BCUT2D eigenvalue weighted by molar-refractivity contribution is 5.96. The van der Waals surface area contributed by atoms with Crippen LogP contribution in [0, 0.1) is 17.8 Å². The van der Waals surface area contributed by atoms with Crippen molar-refractivity contribution in [2.24, 2.45) is 17.8 Å². The molecule has 0 aromatic carbocycles. The Balaban J connectivity index is 2.56. The van der Waals surface area contributed by atoms with Crippen LogP contribution >= 0.6 is 0 Å². The third-order valence-electron chi connectivity index (χ3n) is 8.74. The molecule has 2 heterocycles. The number of cyclic esters (lactones) is 1. The van der Waals surface area contributed by atoms with Crippen molar-refractivity contribution in [2.45, 2.75) is 104 Å². The molecule has 0 aliphatic carbocycles. The molecule has 0 aromatic heterocycles. The van der Waals surface area contributed by atoms with Crippen molar-refractivity contribution < 1.29 is 43.4 Å². The molecule has 2 fully saturated rings. The maximum atomic E-state index is 13.9.